The Hall–Kier alpha value is -0.0200. The number of hydrogen-bond acceptors (Lipinski definition) is 5. The zero-order valence-electron chi connectivity index (χ0n) is 8.47. The molecule has 0 radical (unpaired) electrons. The fraction of sp³-hybridized carbons (Fsp3) is 0.571. The average Bonchev–Trinajstić information content (AvgIpc) is 2.65. The summed E-state index contributed by atoms with van der Waals surface area (Å²) in [5.74, 6) is 0.830. The normalized spacial score (nSPS) is 13.9. The molecule has 0 spiro atoms. The summed E-state index contributed by atoms with van der Waals surface area (Å²) < 4.78 is 36.9. The van der Waals surface area contributed by atoms with Crippen molar-refractivity contribution >= 4 is 43.8 Å². The predicted octanol–water partition coefficient (Wildman–Crippen LogP) is 0.843. The van der Waals surface area contributed by atoms with E-state index in [1.54, 1.807) is 6.92 Å². The van der Waals surface area contributed by atoms with Crippen LogP contribution >= 0.6 is 22.9 Å². The molecule has 0 saturated heterocycles. The van der Waals surface area contributed by atoms with Crippen LogP contribution in [-0.4, -0.2) is 35.7 Å². The maximum Gasteiger partial charge on any atom is 0.251 e. The highest BCUT2D eigenvalue weighted by molar-refractivity contribution is 7.91. The molecule has 1 aromatic heterocycles. The predicted molar refractivity (Wildman–Crippen MR) is 65.9 cm³/mol. The minimum atomic E-state index is -3.56. The first-order valence-electron chi connectivity index (χ1n) is 4.41. The third kappa shape index (κ3) is 4.10. The van der Waals surface area contributed by atoms with Crippen LogP contribution in [0.15, 0.2) is 10.4 Å². The smallest absolute Gasteiger partial charge is 0.251 e. The van der Waals surface area contributed by atoms with Crippen molar-refractivity contribution in [2.45, 2.75) is 11.1 Å². The Labute approximate surface area is 106 Å². The van der Waals surface area contributed by atoms with Gasteiger partial charge in [-0.2, -0.15) is 0 Å². The van der Waals surface area contributed by atoms with Crippen molar-refractivity contribution in [3.05, 3.63) is 10.7 Å². The van der Waals surface area contributed by atoms with E-state index in [4.69, 9.17) is 11.6 Å². The van der Waals surface area contributed by atoms with Crippen LogP contribution < -0.4 is 4.72 Å². The van der Waals surface area contributed by atoms with Crippen molar-refractivity contribution in [1.82, 2.24) is 9.71 Å². The zero-order chi connectivity index (χ0) is 12.2. The molecule has 0 fully saturated rings. The van der Waals surface area contributed by atoms with Crippen molar-refractivity contribution < 1.29 is 12.6 Å². The molecule has 0 aliphatic heterocycles. The van der Waals surface area contributed by atoms with E-state index in [0.29, 0.717) is 11.5 Å². The van der Waals surface area contributed by atoms with Gasteiger partial charge in [0.1, 0.15) is 0 Å². The molecule has 1 unspecified atom stereocenters. The first kappa shape index (κ1) is 14.0. The van der Waals surface area contributed by atoms with Crippen LogP contribution in [0.2, 0.25) is 4.47 Å². The van der Waals surface area contributed by atoms with Gasteiger partial charge in [0.25, 0.3) is 10.0 Å². The van der Waals surface area contributed by atoms with Crippen molar-refractivity contribution in [3.63, 3.8) is 0 Å². The van der Waals surface area contributed by atoms with Gasteiger partial charge in [0.05, 0.1) is 6.20 Å². The topological polar surface area (TPSA) is 76.1 Å². The van der Waals surface area contributed by atoms with Gasteiger partial charge in [-0.25, -0.2) is 18.1 Å². The molecule has 1 atom stereocenters. The van der Waals surface area contributed by atoms with E-state index in [9.17, 15) is 12.6 Å². The monoisotopic (exact) mass is 302 g/mol. The molecule has 1 rings (SSSR count). The summed E-state index contributed by atoms with van der Waals surface area (Å²) in [5, 5.41) is 0. The van der Waals surface area contributed by atoms with Crippen molar-refractivity contribution in [3.8, 4) is 0 Å². The molecule has 1 N–H and O–H groups in total. The molecule has 0 aromatic carbocycles. The zero-order valence-corrected chi connectivity index (χ0v) is 11.7. The van der Waals surface area contributed by atoms with Crippen LogP contribution in [0.3, 0.4) is 0 Å². The molecule has 92 valence electrons. The third-order valence-electron chi connectivity index (χ3n) is 1.66. The van der Waals surface area contributed by atoms with Gasteiger partial charge >= 0.3 is 0 Å². The summed E-state index contributed by atoms with van der Waals surface area (Å²) in [6.45, 7) is 1.94. The fourth-order valence-electron chi connectivity index (χ4n) is 0.869. The summed E-state index contributed by atoms with van der Waals surface area (Å²) >= 11 is 6.43. The summed E-state index contributed by atoms with van der Waals surface area (Å²) in [6.07, 6.45) is 1.20. The lowest BCUT2D eigenvalue weighted by Gasteiger charge is -2.02. The van der Waals surface area contributed by atoms with E-state index in [2.05, 4.69) is 9.71 Å². The minimum Gasteiger partial charge on any atom is -0.260 e. The Balaban J connectivity index is 2.56. The number of nitrogens with one attached hydrogen (secondary N) is 1. The number of aromatic nitrogens is 1. The number of rotatable bonds is 6. The van der Waals surface area contributed by atoms with Crippen LogP contribution in [0.4, 0.5) is 0 Å². The van der Waals surface area contributed by atoms with Gasteiger partial charge in [-0.15, -0.1) is 0 Å². The number of thiazole rings is 1. The minimum absolute atomic E-state index is 0.0692. The average molecular weight is 303 g/mol. The van der Waals surface area contributed by atoms with Gasteiger partial charge < -0.3 is 0 Å². The van der Waals surface area contributed by atoms with Gasteiger partial charge in [0, 0.05) is 28.9 Å². The summed E-state index contributed by atoms with van der Waals surface area (Å²) in [5.41, 5.74) is 0. The lowest BCUT2D eigenvalue weighted by molar-refractivity contribution is 0.586. The van der Waals surface area contributed by atoms with Crippen molar-refractivity contribution in [1.29, 1.82) is 0 Å². The van der Waals surface area contributed by atoms with Gasteiger partial charge in [-0.3, -0.25) is 4.21 Å². The summed E-state index contributed by atoms with van der Waals surface area (Å²) in [7, 11) is -4.53. The van der Waals surface area contributed by atoms with E-state index in [-0.39, 0.29) is 15.2 Å². The van der Waals surface area contributed by atoms with Crippen LogP contribution in [0.1, 0.15) is 6.92 Å². The lowest BCUT2D eigenvalue weighted by Crippen LogP contribution is -2.27. The van der Waals surface area contributed by atoms with Crippen LogP contribution in [0.25, 0.3) is 0 Å². The molecule has 0 amide bonds. The first-order valence-corrected chi connectivity index (χ1v) is 8.58. The van der Waals surface area contributed by atoms with Gasteiger partial charge in [-0.05, 0) is 0 Å². The largest absolute Gasteiger partial charge is 0.260 e. The second-order valence-corrected chi connectivity index (χ2v) is 8.23. The van der Waals surface area contributed by atoms with Crippen LogP contribution in [0, 0.1) is 0 Å². The number of halogens is 1. The number of nitrogens with zero attached hydrogens (tertiary/aromatic N) is 1. The molecule has 0 aliphatic rings. The Bertz CT molecular complexity index is 471. The number of sulfonamides is 1. The third-order valence-corrected chi connectivity index (χ3v) is 6.01. The van der Waals surface area contributed by atoms with E-state index < -0.39 is 20.8 Å². The van der Waals surface area contributed by atoms with E-state index in [1.165, 1.54) is 6.20 Å². The molecule has 9 heteroatoms. The molecule has 1 aromatic rings. The maximum atomic E-state index is 11.6. The molecule has 0 aliphatic carbocycles. The molecule has 5 nitrogen and oxygen atoms in total. The van der Waals surface area contributed by atoms with Gasteiger partial charge in [0.15, 0.2) is 8.68 Å². The van der Waals surface area contributed by atoms with E-state index in [0.717, 1.165) is 11.3 Å². The molecule has 1 heterocycles. The van der Waals surface area contributed by atoms with Crippen molar-refractivity contribution in [2.24, 2.45) is 0 Å². The Morgan fingerprint density at radius 2 is 2.31 bits per heavy atom. The number of hydrogen-bond donors (Lipinski definition) is 1. The second kappa shape index (κ2) is 6.06. The van der Waals surface area contributed by atoms with Crippen LogP contribution in [-0.2, 0) is 20.8 Å². The highest BCUT2D eigenvalue weighted by Crippen LogP contribution is 2.21. The molecular weight excluding hydrogens is 292 g/mol. The SMILES string of the molecule is CCS(=O)CCNS(=O)(=O)c1cnc(Cl)s1. The van der Waals surface area contributed by atoms with Crippen molar-refractivity contribution in [2.75, 3.05) is 18.1 Å². The van der Waals surface area contributed by atoms with E-state index >= 15 is 0 Å². The van der Waals surface area contributed by atoms with Gasteiger partial charge in [0.2, 0.25) is 0 Å². The molecule has 0 bridgehead atoms. The fourth-order valence-corrected chi connectivity index (χ4v) is 3.99. The maximum absolute atomic E-state index is 11.6. The Morgan fingerprint density at radius 3 is 2.81 bits per heavy atom. The Morgan fingerprint density at radius 1 is 1.62 bits per heavy atom. The van der Waals surface area contributed by atoms with E-state index in [1.807, 2.05) is 0 Å². The second-order valence-electron chi connectivity index (χ2n) is 2.76. The molecular formula is C7H11ClN2O3S3. The summed E-state index contributed by atoms with van der Waals surface area (Å²) in [6, 6.07) is 0. The standard InChI is InChI=1S/C7H11ClN2O3S3/c1-2-15(11)4-3-10-16(12,13)6-5-9-7(8)14-6/h5,10H,2-4H2,1H3. The first-order chi connectivity index (χ1) is 7.45. The lowest BCUT2D eigenvalue weighted by atomic mass is 10.8. The van der Waals surface area contributed by atoms with Gasteiger partial charge in [-0.1, -0.05) is 29.9 Å². The quantitative estimate of drug-likeness (QED) is 0.845. The summed E-state index contributed by atoms with van der Waals surface area (Å²) in [4.78, 5) is 3.65. The molecule has 0 saturated carbocycles. The molecule has 16 heavy (non-hydrogen) atoms. The highest BCUT2D eigenvalue weighted by atomic mass is 35.5. The highest BCUT2D eigenvalue weighted by Gasteiger charge is 2.16. The Kier molecular flexibility index (Phi) is 5.32. The van der Waals surface area contributed by atoms with Crippen LogP contribution in [0.5, 0.6) is 0 Å².